The first kappa shape index (κ1) is 17.4. The van der Waals surface area contributed by atoms with Gasteiger partial charge in [0, 0.05) is 41.2 Å². The molecule has 2 aromatic heterocycles. The Morgan fingerprint density at radius 2 is 1.72 bits per heavy atom. The van der Waals surface area contributed by atoms with E-state index in [1.54, 1.807) is 0 Å². The molecule has 140 valence electrons. The van der Waals surface area contributed by atoms with Crippen LogP contribution in [-0.4, -0.2) is 4.98 Å². The summed E-state index contributed by atoms with van der Waals surface area (Å²) in [5, 5.41) is 5.18. The van der Waals surface area contributed by atoms with Gasteiger partial charge in [0.15, 0.2) is 0 Å². The van der Waals surface area contributed by atoms with Crippen LogP contribution in [0.25, 0.3) is 49.1 Å². The molecule has 5 aromatic rings. The highest BCUT2D eigenvalue weighted by Crippen LogP contribution is 2.44. The number of pyridine rings is 1. The molecule has 29 heavy (non-hydrogen) atoms. The lowest BCUT2D eigenvalue weighted by Crippen LogP contribution is -1.99. The number of rotatable bonds is 1. The van der Waals surface area contributed by atoms with Crippen molar-refractivity contribution in [2.45, 2.75) is 13.3 Å². The lowest BCUT2D eigenvalue weighted by atomic mass is 9.93. The van der Waals surface area contributed by atoms with Crippen LogP contribution >= 0.6 is 27.3 Å². The van der Waals surface area contributed by atoms with Crippen molar-refractivity contribution < 1.29 is 0 Å². The average molecular weight is 456 g/mol. The van der Waals surface area contributed by atoms with E-state index >= 15 is 0 Å². The zero-order valence-electron chi connectivity index (χ0n) is 15.9. The first-order chi connectivity index (χ1) is 14.2. The number of hydrogen-bond donors (Lipinski definition) is 0. The van der Waals surface area contributed by atoms with Gasteiger partial charge in [0.05, 0.1) is 11.2 Å². The Morgan fingerprint density at radius 3 is 2.59 bits per heavy atom. The molecule has 1 atom stereocenters. The second kappa shape index (κ2) is 6.51. The molecule has 0 bridgehead atoms. The highest BCUT2D eigenvalue weighted by atomic mass is 79.9. The second-order valence-corrected chi connectivity index (χ2v) is 9.85. The Labute approximate surface area is 181 Å². The Balaban J connectivity index is 1.78. The van der Waals surface area contributed by atoms with E-state index in [1.807, 2.05) is 11.3 Å². The van der Waals surface area contributed by atoms with E-state index in [1.165, 1.54) is 36.7 Å². The number of thiophene rings is 1. The number of fused-ring (bicyclic) bond motifs is 7. The van der Waals surface area contributed by atoms with Gasteiger partial charge in [-0.15, -0.1) is 11.3 Å². The van der Waals surface area contributed by atoms with Crippen LogP contribution in [-0.2, 0) is 6.42 Å². The van der Waals surface area contributed by atoms with Crippen LogP contribution < -0.4 is 0 Å². The minimum absolute atomic E-state index is 0.610. The van der Waals surface area contributed by atoms with Crippen molar-refractivity contribution in [2.75, 3.05) is 0 Å². The Kier molecular flexibility index (Phi) is 3.90. The first-order valence-electron chi connectivity index (χ1n) is 9.90. The molecule has 6 rings (SSSR count). The first-order valence-corrected chi connectivity index (χ1v) is 11.5. The number of halogens is 1. The fraction of sp³-hybridized carbons (Fsp3) is 0.115. The van der Waals surface area contributed by atoms with E-state index in [4.69, 9.17) is 4.98 Å². The fourth-order valence-corrected chi connectivity index (χ4v) is 6.20. The average Bonchev–Trinajstić information content (AvgIpc) is 3.11. The van der Waals surface area contributed by atoms with Gasteiger partial charge in [-0.25, -0.2) is 4.98 Å². The lowest BCUT2D eigenvalue weighted by molar-refractivity contribution is 0.728. The molecule has 0 amide bonds. The van der Waals surface area contributed by atoms with E-state index in [-0.39, 0.29) is 0 Å². The summed E-state index contributed by atoms with van der Waals surface area (Å²) >= 11 is 5.52. The number of para-hydroxylation sites is 1. The molecule has 1 aliphatic rings. The molecule has 2 heterocycles. The SMILES string of the molecule is CC1C=Cc2c(sc3c2ccc2c(-c4ccc(Br)cc4)nc4ccccc4c23)C1. The molecule has 3 aromatic carbocycles. The van der Waals surface area contributed by atoms with E-state index in [9.17, 15) is 0 Å². The predicted octanol–water partition coefficient (Wildman–Crippen LogP) is 8.24. The summed E-state index contributed by atoms with van der Waals surface area (Å²) in [6.07, 6.45) is 5.80. The summed E-state index contributed by atoms with van der Waals surface area (Å²) in [4.78, 5) is 6.59. The smallest absolute Gasteiger partial charge is 0.0788 e. The third-order valence-corrected chi connectivity index (χ3v) is 7.64. The summed E-state index contributed by atoms with van der Waals surface area (Å²) in [6.45, 7) is 2.30. The normalized spacial score (nSPS) is 16.0. The quantitative estimate of drug-likeness (QED) is 0.232. The molecule has 0 aliphatic heterocycles. The molecule has 0 fully saturated rings. The third kappa shape index (κ3) is 2.68. The van der Waals surface area contributed by atoms with Crippen LogP contribution in [0.2, 0.25) is 0 Å². The fourth-order valence-electron chi connectivity index (χ4n) is 4.44. The molecule has 0 spiro atoms. The zero-order chi connectivity index (χ0) is 19.5. The Bertz CT molecular complexity index is 1440. The predicted molar refractivity (Wildman–Crippen MR) is 130 cm³/mol. The summed E-state index contributed by atoms with van der Waals surface area (Å²) in [5.74, 6) is 0.610. The van der Waals surface area contributed by atoms with Crippen molar-refractivity contribution in [1.29, 1.82) is 0 Å². The third-order valence-electron chi connectivity index (χ3n) is 5.85. The standard InChI is InChI=1S/C26H18BrNS/c1-15-6-11-18-19-12-13-21-24(26(19)29-23(18)14-15)20-4-2-3-5-22(20)28-25(21)16-7-9-17(27)10-8-16/h2-13,15H,14H2,1H3. The topological polar surface area (TPSA) is 12.9 Å². The highest BCUT2D eigenvalue weighted by molar-refractivity contribution is 9.10. The minimum atomic E-state index is 0.610. The van der Waals surface area contributed by atoms with E-state index < -0.39 is 0 Å². The number of nitrogens with zero attached hydrogens (tertiary/aromatic N) is 1. The number of benzene rings is 3. The molecule has 1 unspecified atom stereocenters. The van der Waals surface area contributed by atoms with Crippen LogP contribution in [0, 0.1) is 5.92 Å². The summed E-state index contributed by atoms with van der Waals surface area (Å²) in [7, 11) is 0. The van der Waals surface area contributed by atoms with Gasteiger partial charge in [0.25, 0.3) is 0 Å². The van der Waals surface area contributed by atoms with Crippen molar-refractivity contribution in [3.8, 4) is 11.3 Å². The van der Waals surface area contributed by atoms with Crippen LogP contribution in [0.1, 0.15) is 17.4 Å². The molecule has 0 N–H and O–H groups in total. The number of hydrogen-bond acceptors (Lipinski definition) is 2. The maximum atomic E-state index is 5.08. The lowest BCUT2D eigenvalue weighted by Gasteiger charge is -2.12. The van der Waals surface area contributed by atoms with Gasteiger partial charge in [0.2, 0.25) is 0 Å². The largest absolute Gasteiger partial charge is 0.247 e. The summed E-state index contributed by atoms with van der Waals surface area (Å²) < 4.78 is 2.48. The van der Waals surface area contributed by atoms with Crippen molar-refractivity contribution in [1.82, 2.24) is 4.98 Å². The molecule has 0 saturated carbocycles. The van der Waals surface area contributed by atoms with Gasteiger partial charge in [-0.3, -0.25) is 0 Å². The van der Waals surface area contributed by atoms with Gasteiger partial charge < -0.3 is 0 Å². The molecular formula is C26H18BrNS. The number of allylic oxidation sites excluding steroid dienone is 1. The van der Waals surface area contributed by atoms with Crippen LogP contribution in [0.4, 0.5) is 0 Å². The van der Waals surface area contributed by atoms with E-state index in [0.717, 1.165) is 27.7 Å². The minimum Gasteiger partial charge on any atom is -0.247 e. The molecule has 1 aliphatic carbocycles. The monoisotopic (exact) mass is 455 g/mol. The van der Waals surface area contributed by atoms with E-state index in [2.05, 4.69) is 95.7 Å². The van der Waals surface area contributed by atoms with Crippen molar-refractivity contribution in [3.63, 3.8) is 0 Å². The number of aromatic nitrogens is 1. The van der Waals surface area contributed by atoms with Crippen LogP contribution in [0.3, 0.4) is 0 Å². The van der Waals surface area contributed by atoms with Crippen molar-refractivity contribution in [3.05, 3.63) is 81.7 Å². The van der Waals surface area contributed by atoms with Gasteiger partial charge in [-0.05, 0) is 36.1 Å². The highest BCUT2D eigenvalue weighted by Gasteiger charge is 2.20. The van der Waals surface area contributed by atoms with E-state index in [0.29, 0.717) is 5.92 Å². The summed E-state index contributed by atoms with van der Waals surface area (Å²) in [6, 6.07) is 21.6. The van der Waals surface area contributed by atoms with Crippen molar-refractivity contribution >= 4 is 65.1 Å². The molecule has 0 radical (unpaired) electrons. The molecule has 0 saturated heterocycles. The maximum Gasteiger partial charge on any atom is 0.0788 e. The Hall–Kier alpha value is -2.49. The van der Waals surface area contributed by atoms with Crippen molar-refractivity contribution in [2.24, 2.45) is 5.92 Å². The van der Waals surface area contributed by atoms with Gasteiger partial charge >= 0.3 is 0 Å². The molecular weight excluding hydrogens is 438 g/mol. The molecule has 1 nitrogen and oxygen atoms in total. The molecule has 3 heteroatoms. The van der Waals surface area contributed by atoms with Gasteiger partial charge in [0.1, 0.15) is 0 Å². The van der Waals surface area contributed by atoms with Gasteiger partial charge in [-0.2, -0.15) is 0 Å². The van der Waals surface area contributed by atoms with Crippen LogP contribution in [0.5, 0.6) is 0 Å². The van der Waals surface area contributed by atoms with Crippen LogP contribution in [0.15, 0.2) is 71.2 Å². The maximum absolute atomic E-state index is 5.08. The Morgan fingerprint density at radius 1 is 0.931 bits per heavy atom. The second-order valence-electron chi connectivity index (χ2n) is 7.83. The van der Waals surface area contributed by atoms with Gasteiger partial charge in [-0.1, -0.05) is 77.5 Å². The zero-order valence-corrected chi connectivity index (χ0v) is 18.3. The summed E-state index contributed by atoms with van der Waals surface area (Å²) in [5.41, 5.74) is 4.68.